The van der Waals surface area contributed by atoms with E-state index in [2.05, 4.69) is 5.32 Å². The first-order valence-corrected chi connectivity index (χ1v) is 5.79. The number of carbonyl (C=O) groups is 1. The number of aliphatic hydroxyl groups excluding tert-OH is 1. The van der Waals surface area contributed by atoms with Gasteiger partial charge in [-0.3, -0.25) is 4.79 Å². The quantitative estimate of drug-likeness (QED) is 0.710. The van der Waals surface area contributed by atoms with Gasteiger partial charge in [-0.15, -0.1) is 0 Å². The van der Waals surface area contributed by atoms with Crippen LogP contribution in [0.3, 0.4) is 0 Å². The summed E-state index contributed by atoms with van der Waals surface area (Å²) >= 11 is 0. The Morgan fingerprint density at radius 2 is 2.33 bits per heavy atom. The highest BCUT2D eigenvalue weighted by atomic mass is 16.3. The van der Waals surface area contributed by atoms with Gasteiger partial charge in [-0.1, -0.05) is 0 Å². The smallest absolute Gasteiger partial charge is 0.239 e. The first-order chi connectivity index (χ1) is 7.20. The van der Waals surface area contributed by atoms with Gasteiger partial charge >= 0.3 is 0 Å². The summed E-state index contributed by atoms with van der Waals surface area (Å²) in [5, 5.41) is 11.9. The van der Waals surface area contributed by atoms with Gasteiger partial charge < -0.3 is 15.3 Å². The SMILES string of the molecule is CNC(C)C(=O)N1CCCCC1CCO. The lowest BCUT2D eigenvalue weighted by atomic mass is 9.99. The van der Waals surface area contributed by atoms with Gasteiger partial charge in [0.25, 0.3) is 0 Å². The van der Waals surface area contributed by atoms with Gasteiger partial charge in [-0.05, 0) is 39.7 Å². The van der Waals surface area contributed by atoms with Crippen LogP contribution in [0.4, 0.5) is 0 Å². The van der Waals surface area contributed by atoms with Crippen LogP contribution in [0.5, 0.6) is 0 Å². The van der Waals surface area contributed by atoms with Crippen LogP contribution in [0.25, 0.3) is 0 Å². The molecule has 0 aromatic heterocycles. The van der Waals surface area contributed by atoms with E-state index in [1.807, 2.05) is 11.8 Å². The van der Waals surface area contributed by atoms with E-state index in [1.165, 1.54) is 6.42 Å². The van der Waals surface area contributed by atoms with Crippen LogP contribution in [0.15, 0.2) is 0 Å². The third-order valence-electron chi connectivity index (χ3n) is 3.18. The normalized spacial score (nSPS) is 23.9. The largest absolute Gasteiger partial charge is 0.396 e. The lowest BCUT2D eigenvalue weighted by molar-refractivity contribution is -0.136. The Kier molecular flexibility index (Phi) is 5.05. The summed E-state index contributed by atoms with van der Waals surface area (Å²) in [5.41, 5.74) is 0. The fraction of sp³-hybridized carbons (Fsp3) is 0.909. The molecule has 0 aromatic carbocycles. The molecule has 1 aliphatic heterocycles. The highest BCUT2D eigenvalue weighted by molar-refractivity contribution is 5.81. The lowest BCUT2D eigenvalue weighted by Gasteiger charge is -2.37. The van der Waals surface area contributed by atoms with E-state index < -0.39 is 0 Å². The average Bonchev–Trinajstić information content (AvgIpc) is 2.28. The lowest BCUT2D eigenvalue weighted by Crippen LogP contribution is -2.50. The molecule has 0 aliphatic carbocycles. The Morgan fingerprint density at radius 3 is 2.93 bits per heavy atom. The molecule has 0 spiro atoms. The molecule has 0 aromatic rings. The molecule has 88 valence electrons. The van der Waals surface area contributed by atoms with Gasteiger partial charge in [0.15, 0.2) is 0 Å². The van der Waals surface area contributed by atoms with E-state index in [1.54, 1.807) is 7.05 Å². The summed E-state index contributed by atoms with van der Waals surface area (Å²) in [6.45, 7) is 2.89. The van der Waals surface area contributed by atoms with Crippen LogP contribution in [-0.2, 0) is 4.79 Å². The molecule has 4 nitrogen and oxygen atoms in total. The molecule has 2 atom stereocenters. The summed E-state index contributed by atoms with van der Waals surface area (Å²) in [4.78, 5) is 13.9. The molecule has 2 N–H and O–H groups in total. The van der Waals surface area contributed by atoms with Gasteiger partial charge in [-0.2, -0.15) is 0 Å². The molecule has 1 aliphatic rings. The Morgan fingerprint density at radius 1 is 1.60 bits per heavy atom. The van der Waals surface area contributed by atoms with Crippen molar-refractivity contribution in [2.24, 2.45) is 0 Å². The Bertz CT molecular complexity index is 207. The van der Waals surface area contributed by atoms with Crippen LogP contribution in [-0.4, -0.2) is 48.2 Å². The molecule has 1 fully saturated rings. The molecule has 1 amide bonds. The Hall–Kier alpha value is -0.610. The van der Waals surface area contributed by atoms with Gasteiger partial charge in [0, 0.05) is 19.2 Å². The summed E-state index contributed by atoms with van der Waals surface area (Å²) < 4.78 is 0. The van der Waals surface area contributed by atoms with Crippen LogP contribution in [0, 0.1) is 0 Å². The maximum Gasteiger partial charge on any atom is 0.239 e. The zero-order valence-corrected chi connectivity index (χ0v) is 9.70. The van der Waals surface area contributed by atoms with Crippen molar-refractivity contribution in [3.63, 3.8) is 0 Å². The number of amides is 1. The van der Waals surface area contributed by atoms with Crippen LogP contribution in [0.2, 0.25) is 0 Å². The number of nitrogens with one attached hydrogen (secondary N) is 1. The number of likely N-dealkylation sites (tertiary alicyclic amines) is 1. The second-order valence-corrected chi connectivity index (χ2v) is 4.20. The molecule has 0 saturated carbocycles. The highest BCUT2D eigenvalue weighted by Crippen LogP contribution is 2.20. The summed E-state index contributed by atoms with van der Waals surface area (Å²) in [6, 6.07) is 0.122. The first kappa shape index (κ1) is 12.5. The van der Waals surface area contributed by atoms with Crippen molar-refractivity contribution < 1.29 is 9.90 Å². The van der Waals surface area contributed by atoms with Gasteiger partial charge in [0.05, 0.1) is 6.04 Å². The standard InChI is InChI=1S/C11H22N2O2/c1-9(12-2)11(15)13-7-4-3-5-10(13)6-8-14/h9-10,12,14H,3-8H2,1-2H3. The molecule has 15 heavy (non-hydrogen) atoms. The van der Waals surface area contributed by atoms with E-state index in [0.29, 0.717) is 6.42 Å². The second kappa shape index (κ2) is 6.08. The highest BCUT2D eigenvalue weighted by Gasteiger charge is 2.28. The van der Waals surface area contributed by atoms with E-state index in [9.17, 15) is 4.79 Å². The van der Waals surface area contributed by atoms with Crippen molar-refractivity contribution in [2.75, 3.05) is 20.2 Å². The van der Waals surface area contributed by atoms with E-state index in [0.717, 1.165) is 19.4 Å². The van der Waals surface area contributed by atoms with Crippen molar-refractivity contribution in [1.29, 1.82) is 0 Å². The molecule has 1 rings (SSSR count). The maximum atomic E-state index is 12.0. The number of carbonyl (C=O) groups excluding carboxylic acids is 1. The van der Waals surface area contributed by atoms with Crippen molar-refractivity contribution in [2.45, 2.75) is 44.7 Å². The minimum Gasteiger partial charge on any atom is -0.396 e. The minimum atomic E-state index is -0.121. The van der Waals surface area contributed by atoms with Crippen LogP contribution >= 0.6 is 0 Å². The number of hydrogen-bond acceptors (Lipinski definition) is 3. The molecular weight excluding hydrogens is 192 g/mol. The Balaban J connectivity index is 2.58. The number of nitrogens with zero attached hydrogens (tertiary/aromatic N) is 1. The molecule has 0 bridgehead atoms. The van der Waals surface area contributed by atoms with Gasteiger partial charge in [0.1, 0.15) is 0 Å². The fourth-order valence-electron chi connectivity index (χ4n) is 2.11. The number of aliphatic hydroxyl groups is 1. The molecule has 1 heterocycles. The van der Waals surface area contributed by atoms with Crippen molar-refractivity contribution in [1.82, 2.24) is 10.2 Å². The number of likely N-dealkylation sites (N-methyl/N-ethyl adjacent to an activating group) is 1. The molecule has 0 radical (unpaired) electrons. The van der Waals surface area contributed by atoms with Crippen LogP contribution < -0.4 is 5.32 Å². The second-order valence-electron chi connectivity index (χ2n) is 4.20. The van der Waals surface area contributed by atoms with E-state index >= 15 is 0 Å². The molecular formula is C11H22N2O2. The van der Waals surface area contributed by atoms with Gasteiger partial charge in [-0.25, -0.2) is 0 Å². The number of piperidine rings is 1. The van der Waals surface area contributed by atoms with E-state index in [-0.39, 0.29) is 24.6 Å². The number of hydrogen-bond donors (Lipinski definition) is 2. The first-order valence-electron chi connectivity index (χ1n) is 5.79. The zero-order valence-electron chi connectivity index (χ0n) is 9.70. The predicted octanol–water partition coefficient (Wildman–Crippen LogP) is 0.358. The summed E-state index contributed by atoms with van der Waals surface area (Å²) in [5.74, 6) is 0.163. The molecule has 1 saturated heterocycles. The van der Waals surface area contributed by atoms with Crippen molar-refractivity contribution in [3.8, 4) is 0 Å². The Labute approximate surface area is 91.6 Å². The third kappa shape index (κ3) is 3.18. The zero-order chi connectivity index (χ0) is 11.3. The van der Waals surface area contributed by atoms with Crippen molar-refractivity contribution in [3.05, 3.63) is 0 Å². The summed E-state index contributed by atoms with van der Waals surface area (Å²) in [6.07, 6.45) is 4.00. The number of rotatable bonds is 4. The topological polar surface area (TPSA) is 52.6 Å². The average molecular weight is 214 g/mol. The van der Waals surface area contributed by atoms with Gasteiger partial charge in [0.2, 0.25) is 5.91 Å². The summed E-state index contributed by atoms with van der Waals surface area (Å²) in [7, 11) is 1.80. The monoisotopic (exact) mass is 214 g/mol. The fourth-order valence-corrected chi connectivity index (χ4v) is 2.11. The maximum absolute atomic E-state index is 12.0. The van der Waals surface area contributed by atoms with E-state index in [4.69, 9.17) is 5.11 Å². The molecule has 2 unspecified atom stereocenters. The third-order valence-corrected chi connectivity index (χ3v) is 3.18. The minimum absolute atomic E-state index is 0.121. The van der Waals surface area contributed by atoms with Crippen molar-refractivity contribution >= 4 is 5.91 Å². The predicted molar refractivity (Wildman–Crippen MR) is 59.6 cm³/mol. The van der Waals surface area contributed by atoms with Crippen LogP contribution in [0.1, 0.15) is 32.6 Å². The molecule has 4 heteroatoms.